The summed E-state index contributed by atoms with van der Waals surface area (Å²) in [6.45, 7) is 6.31. The van der Waals surface area contributed by atoms with Gasteiger partial charge in [0.1, 0.15) is 5.75 Å². The van der Waals surface area contributed by atoms with Crippen LogP contribution in [0, 0.1) is 11.3 Å². The molecule has 1 aliphatic carbocycles. The van der Waals surface area contributed by atoms with Crippen LogP contribution in [0.15, 0.2) is 29.3 Å². The summed E-state index contributed by atoms with van der Waals surface area (Å²) >= 11 is 0. The number of aliphatic imine (C=N–C) groups is 1. The first-order valence-electron chi connectivity index (χ1n) is 9.16. The summed E-state index contributed by atoms with van der Waals surface area (Å²) < 4.78 is 11.2. The highest BCUT2D eigenvalue weighted by atomic mass is 16.5. The third-order valence-electron chi connectivity index (χ3n) is 5.77. The van der Waals surface area contributed by atoms with Gasteiger partial charge >= 0.3 is 0 Å². The fraction of sp³-hybridized carbons (Fsp3) is 0.650. The second kappa shape index (κ2) is 7.24. The van der Waals surface area contributed by atoms with Crippen LogP contribution in [-0.4, -0.2) is 50.8 Å². The molecule has 138 valence electrons. The van der Waals surface area contributed by atoms with E-state index in [1.165, 1.54) is 12.0 Å². The van der Waals surface area contributed by atoms with Crippen molar-refractivity contribution in [2.24, 2.45) is 16.3 Å². The van der Waals surface area contributed by atoms with E-state index >= 15 is 0 Å². The number of methoxy groups -OCH3 is 1. The summed E-state index contributed by atoms with van der Waals surface area (Å²) in [5.41, 5.74) is 1.38. The summed E-state index contributed by atoms with van der Waals surface area (Å²) in [5, 5.41) is 3.71. The first kappa shape index (κ1) is 18.1. The van der Waals surface area contributed by atoms with Crippen molar-refractivity contribution in [1.29, 1.82) is 0 Å². The van der Waals surface area contributed by atoms with Crippen LogP contribution in [-0.2, 0) is 11.3 Å². The molecule has 0 spiro atoms. The van der Waals surface area contributed by atoms with Crippen molar-refractivity contribution in [2.45, 2.75) is 45.4 Å². The highest BCUT2D eigenvalue weighted by Gasteiger charge is 2.58. The van der Waals surface area contributed by atoms with Crippen LogP contribution in [0.4, 0.5) is 0 Å². The molecule has 1 aromatic carbocycles. The zero-order valence-electron chi connectivity index (χ0n) is 16.1. The van der Waals surface area contributed by atoms with Crippen molar-refractivity contribution in [1.82, 2.24) is 10.2 Å². The fourth-order valence-corrected chi connectivity index (χ4v) is 4.38. The largest absolute Gasteiger partial charge is 0.497 e. The molecule has 0 amide bonds. The Morgan fingerprint density at radius 3 is 2.72 bits per heavy atom. The van der Waals surface area contributed by atoms with Gasteiger partial charge < -0.3 is 19.7 Å². The topological polar surface area (TPSA) is 46.1 Å². The van der Waals surface area contributed by atoms with E-state index in [4.69, 9.17) is 9.47 Å². The highest BCUT2D eigenvalue weighted by Crippen LogP contribution is 2.51. The molecule has 3 rings (SSSR count). The van der Waals surface area contributed by atoms with Crippen molar-refractivity contribution >= 4 is 5.96 Å². The standard InChI is InChI=1S/C20H31N3O2/c1-20(2)17(16-7-6-12-25-18(16)20)22-19(21-3)23(4)13-14-8-10-15(24-5)11-9-14/h8-11,16-18H,6-7,12-13H2,1-5H3,(H,21,22). The van der Waals surface area contributed by atoms with E-state index < -0.39 is 0 Å². The Balaban J connectivity index is 1.63. The Labute approximate surface area is 151 Å². The van der Waals surface area contributed by atoms with Gasteiger partial charge in [0.25, 0.3) is 0 Å². The Morgan fingerprint density at radius 2 is 2.08 bits per heavy atom. The molecule has 1 aromatic rings. The van der Waals surface area contributed by atoms with Crippen molar-refractivity contribution < 1.29 is 9.47 Å². The average molecular weight is 345 g/mol. The third kappa shape index (κ3) is 3.47. The van der Waals surface area contributed by atoms with Gasteiger partial charge in [-0.2, -0.15) is 0 Å². The molecule has 0 radical (unpaired) electrons. The molecule has 1 saturated heterocycles. The van der Waals surface area contributed by atoms with Gasteiger partial charge in [-0.15, -0.1) is 0 Å². The van der Waals surface area contributed by atoms with Crippen LogP contribution in [0.1, 0.15) is 32.3 Å². The number of guanidine groups is 1. The van der Waals surface area contributed by atoms with Gasteiger partial charge in [-0.3, -0.25) is 4.99 Å². The maximum Gasteiger partial charge on any atom is 0.193 e. The number of hydrogen-bond acceptors (Lipinski definition) is 3. The lowest BCUT2D eigenvalue weighted by atomic mass is 9.55. The normalized spacial score (nSPS) is 27.9. The fourth-order valence-electron chi connectivity index (χ4n) is 4.38. The first-order valence-corrected chi connectivity index (χ1v) is 9.16. The molecule has 1 aliphatic heterocycles. The summed E-state index contributed by atoms with van der Waals surface area (Å²) in [6.07, 6.45) is 2.78. The number of hydrogen-bond donors (Lipinski definition) is 1. The van der Waals surface area contributed by atoms with Crippen molar-refractivity contribution in [3.05, 3.63) is 29.8 Å². The molecule has 2 fully saturated rings. The van der Waals surface area contributed by atoms with Crippen LogP contribution in [0.3, 0.4) is 0 Å². The van der Waals surface area contributed by atoms with Crippen molar-refractivity contribution in [2.75, 3.05) is 27.8 Å². The van der Waals surface area contributed by atoms with E-state index in [1.54, 1.807) is 7.11 Å². The summed E-state index contributed by atoms with van der Waals surface area (Å²) in [7, 11) is 5.63. The molecule has 3 unspecified atom stereocenters. The van der Waals surface area contributed by atoms with Gasteiger partial charge in [0.15, 0.2) is 5.96 Å². The minimum Gasteiger partial charge on any atom is -0.497 e. The molecule has 0 bridgehead atoms. The van der Waals surface area contributed by atoms with Gasteiger partial charge in [-0.25, -0.2) is 0 Å². The maximum absolute atomic E-state index is 6.01. The van der Waals surface area contributed by atoms with Gasteiger partial charge in [0.2, 0.25) is 0 Å². The molecule has 25 heavy (non-hydrogen) atoms. The Bertz CT molecular complexity index is 612. The number of nitrogens with zero attached hydrogens (tertiary/aromatic N) is 2. The molecule has 5 nitrogen and oxygen atoms in total. The van der Waals surface area contributed by atoms with Gasteiger partial charge in [-0.1, -0.05) is 26.0 Å². The van der Waals surface area contributed by atoms with Crippen molar-refractivity contribution in [3.8, 4) is 5.75 Å². The predicted molar refractivity (Wildman–Crippen MR) is 101 cm³/mol. The Hall–Kier alpha value is -1.75. The molecule has 3 atom stereocenters. The second-order valence-electron chi connectivity index (χ2n) is 7.79. The van der Waals surface area contributed by atoms with Crippen LogP contribution in [0.25, 0.3) is 0 Å². The lowest BCUT2D eigenvalue weighted by Gasteiger charge is -2.60. The molecular weight excluding hydrogens is 314 g/mol. The zero-order valence-corrected chi connectivity index (χ0v) is 16.1. The summed E-state index contributed by atoms with van der Waals surface area (Å²) in [5.74, 6) is 2.42. The van der Waals surface area contributed by atoms with Gasteiger partial charge in [0.05, 0.1) is 13.2 Å². The van der Waals surface area contributed by atoms with E-state index in [-0.39, 0.29) is 5.41 Å². The summed E-state index contributed by atoms with van der Waals surface area (Å²) in [6, 6.07) is 8.60. The first-order chi connectivity index (χ1) is 12.0. The second-order valence-corrected chi connectivity index (χ2v) is 7.79. The summed E-state index contributed by atoms with van der Waals surface area (Å²) in [4.78, 5) is 6.68. The minimum absolute atomic E-state index is 0.141. The Morgan fingerprint density at radius 1 is 1.36 bits per heavy atom. The number of ether oxygens (including phenoxy) is 2. The van der Waals surface area contributed by atoms with Gasteiger partial charge in [-0.05, 0) is 30.5 Å². The van der Waals surface area contributed by atoms with E-state index in [0.29, 0.717) is 18.1 Å². The molecule has 2 aliphatic rings. The highest BCUT2D eigenvalue weighted by molar-refractivity contribution is 5.80. The van der Waals surface area contributed by atoms with E-state index in [9.17, 15) is 0 Å². The van der Waals surface area contributed by atoms with E-state index in [0.717, 1.165) is 31.3 Å². The zero-order chi connectivity index (χ0) is 18.0. The van der Waals surface area contributed by atoms with Crippen LogP contribution >= 0.6 is 0 Å². The molecular formula is C20H31N3O2. The maximum atomic E-state index is 6.01. The molecule has 1 heterocycles. The van der Waals surface area contributed by atoms with Crippen LogP contribution in [0.5, 0.6) is 5.75 Å². The lowest BCUT2D eigenvalue weighted by Crippen LogP contribution is -2.71. The van der Waals surface area contributed by atoms with Crippen LogP contribution < -0.4 is 10.1 Å². The number of rotatable bonds is 4. The van der Waals surface area contributed by atoms with Crippen LogP contribution in [0.2, 0.25) is 0 Å². The van der Waals surface area contributed by atoms with Gasteiger partial charge in [0, 0.05) is 44.6 Å². The van der Waals surface area contributed by atoms with E-state index in [2.05, 4.69) is 48.2 Å². The SMILES string of the molecule is CN=C(NC1C2CCCOC2C1(C)C)N(C)Cc1ccc(OC)cc1. The smallest absolute Gasteiger partial charge is 0.193 e. The third-order valence-corrected chi connectivity index (χ3v) is 5.77. The van der Waals surface area contributed by atoms with Crippen molar-refractivity contribution in [3.63, 3.8) is 0 Å². The molecule has 1 N–H and O–H groups in total. The monoisotopic (exact) mass is 345 g/mol. The molecule has 1 saturated carbocycles. The van der Waals surface area contributed by atoms with E-state index in [1.807, 2.05) is 19.2 Å². The number of nitrogens with one attached hydrogen (secondary N) is 1. The quantitative estimate of drug-likeness (QED) is 0.673. The number of benzene rings is 1. The molecule has 0 aromatic heterocycles. The number of fused-ring (bicyclic) bond motifs is 1. The lowest BCUT2D eigenvalue weighted by molar-refractivity contribution is -0.188. The predicted octanol–water partition coefficient (Wildman–Crippen LogP) is 2.91. The minimum atomic E-state index is 0.141. The average Bonchev–Trinajstić information content (AvgIpc) is 2.63. The Kier molecular flexibility index (Phi) is 5.23. The molecule has 5 heteroatoms.